The number of hydrogen-bond donors (Lipinski definition) is 1. The highest BCUT2D eigenvalue weighted by molar-refractivity contribution is 5.07. The summed E-state index contributed by atoms with van der Waals surface area (Å²) in [6.07, 6.45) is 9.99. The van der Waals surface area contributed by atoms with E-state index >= 15 is 0 Å². The molecule has 70 valence electrons. The fraction of sp³-hybridized carbons (Fsp3) is 0.818. The van der Waals surface area contributed by atoms with Crippen LogP contribution >= 0.6 is 0 Å². The van der Waals surface area contributed by atoms with Gasteiger partial charge in [-0.1, -0.05) is 37.8 Å². The van der Waals surface area contributed by atoms with Crippen LogP contribution in [0.15, 0.2) is 11.6 Å². The average Bonchev–Trinajstić information content (AvgIpc) is 2.15. The third-order valence-corrected chi connectivity index (χ3v) is 2.89. The van der Waals surface area contributed by atoms with Gasteiger partial charge in [-0.2, -0.15) is 0 Å². The van der Waals surface area contributed by atoms with Gasteiger partial charge in [0, 0.05) is 0 Å². The number of aliphatic hydroxyl groups is 1. The Hall–Kier alpha value is -0.300. The molecule has 0 spiro atoms. The summed E-state index contributed by atoms with van der Waals surface area (Å²) in [5.74, 6) is 0.788. The number of aliphatic hydroxyl groups excluding tert-OH is 1. The van der Waals surface area contributed by atoms with Crippen molar-refractivity contribution in [2.45, 2.75) is 45.4 Å². The lowest BCUT2D eigenvalue weighted by Crippen LogP contribution is -2.09. The first-order chi connectivity index (χ1) is 5.88. The summed E-state index contributed by atoms with van der Waals surface area (Å²) in [5.41, 5.74) is 1.48. The summed E-state index contributed by atoms with van der Waals surface area (Å²) in [7, 11) is 0. The van der Waals surface area contributed by atoms with E-state index in [0.717, 1.165) is 12.3 Å². The number of rotatable bonds is 3. The predicted octanol–water partition coefficient (Wildman–Crippen LogP) is 2.90. The van der Waals surface area contributed by atoms with Crippen molar-refractivity contribution >= 4 is 0 Å². The zero-order valence-corrected chi connectivity index (χ0v) is 8.05. The van der Waals surface area contributed by atoms with Crippen LogP contribution in [0.25, 0.3) is 0 Å². The molecule has 0 aromatic heterocycles. The zero-order valence-electron chi connectivity index (χ0n) is 8.05. The van der Waals surface area contributed by atoms with Crippen LogP contribution in [0.2, 0.25) is 0 Å². The molecule has 0 aromatic rings. The third-order valence-electron chi connectivity index (χ3n) is 2.89. The molecule has 1 aliphatic rings. The highest BCUT2D eigenvalue weighted by Gasteiger charge is 2.15. The molecule has 1 N–H and O–H groups in total. The van der Waals surface area contributed by atoms with Gasteiger partial charge in [-0.05, 0) is 25.2 Å². The number of allylic oxidation sites excluding steroid dienone is 1. The second-order valence-corrected chi connectivity index (χ2v) is 3.65. The smallest absolute Gasteiger partial charge is 0.0615 e. The van der Waals surface area contributed by atoms with Crippen molar-refractivity contribution < 1.29 is 5.11 Å². The van der Waals surface area contributed by atoms with E-state index in [-0.39, 0.29) is 6.61 Å². The predicted molar refractivity (Wildman–Crippen MR) is 52.0 cm³/mol. The van der Waals surface area contributed by atoms with E-state index in [2.05, 4.69) is 6.92 Å². The quantitative estimate of drug-likeness (QED) is 0.642. The topological polar surface area (TPSA) is 20.2 Å². The van der Waals surface area contributed by atoms with Gasteiger partial charge in [0.2, 0.25) is 0 Å². The molecule has 0 amide bonds. The summed E-state index contributed by atoms with van der Waals surface area (Å²) in [6, 6.07) is 0. The van der Waals surface area contributed by atoms with E-state index in [0.29, 0.717) is 0 Å². The molecule has 1 fully saturated rings. The van der Waals surface area contributed by atoms with E-state index in [1.807, 2.05) is 6.08 Å². The molecule has 0 aliphatic heterocycles. The molecular formula is C11H20O. The van der Waals surface area contributed by atoms with E-state index in [4.69, 9.17) is 5.11 Å². The maximum atomic E-state index is 8.82. The van der Waals surface area contributed by atoms with Crippen molar-refractivity contribution in [1.29, 1.82) is 0 Å². The van der Waals surface area contributed by atoms with E-state index in [1.165, 1.54) is 37.7 Å². The van der Waals surface area contributed by atoms with Crippen LogP contribution < -0.4 is 0 Å². The molecule has 12 heavy (non-hydrogen) atoms. The second-order valence-electron chi connectivity index (χ2n) is 3.65. The van der Waals surface area contributed by atoms with Crippen LogP contribution in [-0.2, 0) is 0 Å². The Balaban J connectivity index is 2.46. The molecule has 1 rings (SSSR count). The fourth-order valence-electron chi connectivity index (χ4n) is 2.19. The fourth-order valence-corrected chi connectivity index (χ4v) is 2.19. The van der Waals surface area contributed by atoms with Gasteiger partial charge in [-0.3, -0.25) is 0 Å². The van der Waals surface area contributed by atoms with Crippen molar-refractivity contribution in [3.05, 3.63) is 11.6 Å². The highest BCUT2D eigenvalue weighted by Crippen LogP contribution is 2.30. The van der Waals surface area contributed by atoms with Crippen molar-refractivity contribution in [1.82, 2.24) is 0 Å². The summed E-state index contributed by atoms with van der Waals surface area (Å²) in [6.45, 7) is 2.41. The van der Waals surface area contributed by atoms with E-state index in [9.17, 15) is 0 Å². The van der Waals surface area contributed by atoms with Crippen molar-refractivity contribution in [3.63, 3.8) is 0 Å². The van der Waals surface area contributed by atoms with Crippen molar-refractivity contribution in [3.8, 4) is 0 Å². The maximum absolute atomic E-state index is 8.82. The minimum atomic E-state index is 0.222. The molecule has 0 atom stereocenters. The lowest BCUT2D eigenvalue weighted by Gasteiger charge is -2.23. The largest absolute Gasteiger partial charge is 0.392 e. The zero-order chi connectivity index (χ0) is 8.81. The van der Waals surface area contributed by atoms with Crippen LogP contribution in [0.4, 0.5) is 0 Å². The lowest BCUT2D eigenvalue weighted by molar-refractivity contribution is 0.335. The van der Waals surface area contributed by atoms with Gasteiger partial charge in [0.25, 0.3) is 0 Å². The van der Waals surface area contributed by atoms with Crippen LogP contribution in [0, 0.1) is 5.92 Å². The Kier molecular flexibility index (Phi) is 4.37. The van der Waals surface area contributed by atoms with Gasteiger partial charge < -0.3 is 5.11 Å². The average molecular weight is 168 g/mol. The summed E-state index contributed by atoms with van der Waals surface area (Å²) < 4.78 is 0. The monoisotopic (exact) mass is 168 g/mol. The second kappa shape index (κ2) is 5.36. The minimum Gasteiger partial charge on any atom is -0.392 e. The molecule has 0 bridgehead atoms. The lowest BCUT2D eigenvalue weighted by atomic mass is 9.82. The summed E-state index contributed by atoms with van der Waals surface area (Å²) >= 11 is 0. The Morgan fingerprint density at radius 2 is 2.00 bits per heavy atom. The first-order valence-electron chi connectivity index (χ1n) is 5.18. The molecule has 1 heteroatoms. The summed E-state index contributed by atoms with van der Waals surface area (Å²) in [5, 5.41) is 8.82. The number of hydrogen-bond acceptors (Lipinski definition) is 1. The molecule has 0 saturated heterocycles. The van der Waals surface area contributed by atoms with Gasteiger partial charge in [0.05, 0.1) is 6.61 Å². The Labute approximate surface area is 75.5 Å². The molecule has 1 saturated carbocycles. The van der Waals surface area contributed by atoms with Gasteiger partial charge >= 0.3 is 0 Å². The molecular weight excluding hydrogens is 148 g/mol. The van der Waals surface area contributed by atoms with E-state index < -0.39 is 0 Å². The van der Waals surface area contributed by atoms with Gasteiger partial charge in [-0.25, -0.2) is 0 Å². The standard InChI is InChI=1S/C11H20O/c1-2-10(8-9-12)11-6-4-3-5-7-11/h8,11-12H,2-7,9H2,1H3/b10-8+. The van der Waals surface area contributed by atoms with Crippen LogP contribution in [0.1, 0.15) is 45.4 Å². The Morgan fingerprint density at radius 1 is 1.33 bits per heavy atom. The molecule has 1 nitrogen and oxygen atoms in total. The molecule has 1 aliphatic carbocycles. The SMILES string of the molecule is CC/C(=C\CO)C1CCCCC1. The van der Waals surface area contributed by atoms with Crippen LogP contribution in [-0.4, -0.2) is 11.7 Å². The molecule has 0 radical (unpaired) electrons. The molecule has 0 aromatic carbocycles. The van der Waals surface area contributed by atoms with Crippen LogP contribution in [0.5, 0.6) is 0 Å². The Morgan fingerprint density at radius 3 is 2.50 bits per heavy atom. The normalized spacial score (nSPS) is 21.3. The van der Waals surface area contributed by atoms with Gasteiger partial charge in [0.15, 0.2) is 0 Å². The first kappa shape index (κ1) is 9.79. The summed E-state index contributed by atoms with van der Waals surface area (Å²) in [4.78, 5) is 0. The van der Waals surface area contributed by atoms with Gasteiger partial charge in [-0.15, -0.1) is 0 Å². The van der Waals surface area contributed by atoms with Crippen molar-refractivity contribution in [2.24, 2.45) is 5.92 Å². The van der Waals surface area contributed by atoms with Gasteiger partial charge in [0.1, 0.15) is 0 Å². The van der Waals surface area contributed by atoms with Crippen molar-refractivity contribution in [2.75, 3.05) is 6.61 Å². The Bertz CT molecular complexity index is 143. The van der Waals surface area contributed by atoms with Crippen LogP contribution in [0.3, 0.4) is 0 Å². The minimum absolute atomic E-state index is 0.222. The van der Waals surface area contributed by atoms with E-state index in [1.54, 1.807) is 0 Å². The molecule has 0 heterocycles. The maximum Gasteiger partial charge on any atom is 0.0615 e. The first-order valence-corrected chi connectivity index (χ1v) is 5.18. The molecule has 0 unspecified atom stereocenters. The highest BCUT2D eigenvalue weighted by atomic mass is 16.2. The third kappa shape index (κ3) is 2.63.